The fourth-order valence-corrected chi connectivity index (χ4v) is 1.96. The van der Waals surface area contributed by atoms with E-state index in [1.54, 1.807) is 26.1 Å². The number of aliphatic carboxylic acids is 1. The molecule has 0 atom stereocenters. The van der Waals surface area contributed by atoms with Gasteiger partial charge in [-0.1, -0.05) is 13.8 Å². The number of aromatic nitrogens is 1. The van der Waals surface area contributed by atoms with E-state index in [0.717, 1.165) is 10.2 Å². The van der Waals surface area contributed by atoms with E-state index in [2.05, 4.69) is 26.2 Å². The maximum atomic E-state index is 11.9. The number of amides is 1. The molecule has 2 N–H and O–H groups in total. The van der Waals surface area contributed by atoms with Crippen molar-refractivity contribution in [2.45, 2.75) is 33.6 Å². The average Bonchev–Trinajstić information content (AvgIpc) is 2.20. The van der Waals surface area contributed by atoms with Gasteiger partial charge in [0.25, 0.3) is 0 Å². The number of halogens is 1. The third-order valence-corrected chi connectivity index (χ3v) is 3.40. The lowest BCUT2D eigenvalue weighted by molar-refractivity contribution is -0.139. The van der Waals surface area contributed by atoms with Crippen molar-refractivity contribution in [3.63, 3.8) is 0 Å². The largest absolute Gasteiger partial charge is 0.481 e. The molecule has 6 heteroatoms. The van der Waals surface area contributed by atoms with Gasteiger partial charge in [-0.3, -0.25) is 9.59 Å². The molecule has 0 spiro atoms. The van der Waals surface area contributed by atoms with Gasteiger partial charge in [0.05, 0.1) is 18.3 Å². The van der Waals surface area contributed by atoms with Crippen LogP contribution in [0.25, 0.3) is 0 Å². The summed E-state index contributed by atoms with van der Waals surface area (Å²) in [5.41, 5.74) is 0.952. The zero-order valence-electron chi connectivity index (χ0n) is 11.2. The molecule has 0 saturated heterocycles. The number of carbonyl (C=O) groups is 2. The van der Waals surface area contributed by atoms with Crippen LogP contribution in [0.1, 0.15) is 32.3 Å². The van der Waals surface area contributed by atoms with Crippen LogP contribution < -0.4 is 5.32 Å². The van der Waals surface area contributed by atoms with Gasteiger partial charge in [0.2, 0.25) is 5.91 Å². The monoisotopic (exact) mass is 328 g/mol. The molecule has 0 unspecified atom stereocenters. The lowest BCUT2D eigenvalue weighted by Crippen LogP contribution is -2.24. The second kappa shape index (κ2) is 6.14. The van der Waals surface area contributed by atoms with Gasteiger partial charge in [-0.2, -0.15) is 0 Å². The minimum atomic E-state index is -0.904. The fourth-order valence-electron chi connectivity index (χ4n) is 1.74. The Labute approximate surface area is 120 Å². The molecule has 0 aliphatic heterocycles. The maximum absolute atomic E-state index is 11.9. The Bertz CT molecular complexity index is 501. The van der Waals surface area contributed by atoms with Gasteiger partial charge in [0, 0.05) is 6.42 Å². The van der Waals surface area contributed by atoms with Crippen molar-refractivity contribution in [2.24, 2.45) is 5.41 Å². The Morgan fingerprint density at radius 2 is 2.05 bits per heavy atom. The third kappa shape index (κ3) is 5.38. The quantitative estimate of drug-likeness (QED) is 0.814. The van der Waals surface area contributed by atoms with Gasteiger partial charge in [0.1, 0.15) is 4.60 Å². The van der Waals surface area contributed by atoms with E-state index in [0.29, 0.717) is 5.69 Å². The van der Waals surface area contributed by atoms with Crippen LogP contribution in [0.15, 0.2) is 16.9 Å². The van der Waals surface area contributed by atoms with Crippen LogP contribution in [-0.2, 0) is 9.59 Å². The predicted molar refractivity (Wildman–Crippen MR) is 76.0 cm³/mol. The molecule has 0 aromatic carbocycles. The standard InChI is InChI=1S/C13H17BrN2O3/c1-8-4-9(7-15-12(8)14)16-10(17)5-13(2,3)6-11(18)19/h4,7H,5-6H2,1-3H3,(H,16,17)(H,18,19). The summed E-state index contributed by atoms with van der Waals surface area (Å²) in [5, 5.41) is 11.5. The van der Waals surface area contributed by atoms with Gasteiger partial charge in [0.15, 0.2) is 0 Å². The van der Waals surface area contributed by atoms with Gasteiger partial charge in [-0.15, -0.1) is 0 Å². The van der Waals surface area contributed by atoms with Gasteiger partial charge >= 0.3 is 5.97 Å². The molecule has 1 rings (SSSR count). The van der Waals surface area contributed by atoms with E-state index < -0.39 is 11.4 Å². The van der Waals surface area contributed by atoms with E-state index in [1.807, 2.05) is 6.92 Å². The van der Waals surface area contributed by atoms with Crippen molar-refractivity contribution in [1.29, 1.82) is 0 Å². The zero-order valence-corrected chi connectivity index (χ0v) is 12.7. The normalized spacial score (nSPS) is 11.2. The zero-order chi connectivity index (χ0) is 14.6. The lowest BCUT2D eigenvalue weighted by atomic mass is 9.85. The molecule has 1 aromatic rings. The molecule has 0 fully saturated rings. The van der Waals surface area contributed by atoms with Crippen molar-refractivity contribution in [3.05, 3.63) is 22.4 Å². The molecular formula is C13H17BrN2O3. The maximum Gasteiger partial charge on any atom is 0.303 e. The van der Waals surface area contributed by atoms with Crippen LogP contribution in [0.4, 0.5) is 5.69 Å². The van der Waals surface area contributed by atoms with E-state index in [-0.39, 0.29) is 18.7 Å². The smallest absolute Gasteiger partial charge is 0.303 e. The summed E-state index contributed by atoms with van der Waals surface area (Å²) in [7, 11) is 0. The number of anilines is 1. The van der Waals surface area contributed by atoms with Gasteiger partial charge < -0.3 is 10.4 Å². The molecule has 0 radical (unpaired) electrons. The molecular weight excluding hydrogens is 312 g/mol. The number of nitrogens with zero attached hydrogens (tertiary/aromatic N) is 1. The summed E-state index contributed by atoms with van der Waals surface area (Å²) in [6, 6.07) is 1.80. The minimum absolute atomic E-state index is 0.0436. The van der Waals surface area contributed by atoms with Crippen LogP contribution in [0.3, 0.4) is 0 Å². The molecule has 0 bridgehead atoms. The number of nitrogens with one attached hydrogen (secondary N) is 1. The lowest BCUT2D eigenvalue weighted by Gasteiger charge is -2.21. The first kappa shape index (κ1) is 15.6. The second-order valence-corrected chi connectivity index (χ2v) is 6.04. The summed E-state index contributed by atoms with van der Waals surface area (Å²) in [6.07, 6.45) is 1.66. The molecule has 1 aromatic heterocycles. The Hall–Kier alpha value is -1.43. The number of aryl methyl sites for hydroxylation is 1. The molecule has 19 heavy (non-hydrogen) atoms. The van der Waals surface area contributed by atoms with Crippen LogP contribution in [0.2, 0.25) is 0 Å². The molecule has 0 aliphatic carbocycles. The third-order valence-electron chi connectivity index (χ3n) is 2.57. The second-order valence-electron chi connectivity index (χ2n) is 5.29. The number of carboxylic acids is 1. The van der Waals surface area contributed by atoms with Crippen molar-refractivity contribution in [3.8, 4) is 0 Å². The molecule has 5 nitrogen and oxygen atoms in total. The highest BCUT2D eigenvalue weighted by Gasteiger charge is 2.25. The first-order valence-corrected chi connectivity index (χ1v) is 6.63. The van der Waals surface area contributed by atoms with Gasteiger partial charge in [-0.05, 0) is 39.9 Å². The van der Waals surface area contributed by atoms with E-state index >= 15 is 0 Å². The SMILES string of the molecule is Cc1cc(NC(=O)CC(C)(C)CC(=O)O)cnc1Br. The summed E-state index contributed by atoms with van der Waals surface area (Å²) in [4.78, 5) is 26.6. The Morgan fingerprint density at radius 3 is 2.58 bits per heavy atom. The van der Waals surface area contributed by atoms with E-state index in [1.165, 1.54) is 0 Å². The Kier molecular flexibility index (Phi) is 5.05. The van der Waals surface area contributed by atoms with E-state index in [4.69, 9.17) is 5.11 Å². The summed E-state index contributed by atoms with van der Waals surface area (Å²) >= 11 is 3.28. The molecule has 0 aliphatic rings. The number of carboxylic acid groups (broad SMARTS) is 1. The van der Waals surface area contributed by atoms with Crippen molar-refractivity contribution in [2.75, 3.05) is 5.32 Å². The van der Waals surface area contributed by atoms with Crippen LogP contribution in [0.5, 0.6) is 0 Å². The fraction of sp³-hybridized carbons (Fsp3) is 0.462. The number of hydrogen-bond donors (Lipinski definition) is 2. The van der Waals surface area contributed by atoms with Crippen molar-refractivity contribution in [1.82, 2.24) is 4.98 Å². The molecule has 0 saturated carbocycles. The van der Waals surface area contributed by atoms with E-state index in [9.17, 15) is 9.59 Å². The topological polar surface area (TPSA) is 79.3 Å². The number of hydrogen-bond acceptors (Lipinski definition) is 3. The minimum Gasteiger partial charge on any atom is -0.481 e. The van der Waals surface area contributed by atoms with Crippen LogP contribution in [0, 0.1) is 12.3 Å². The number of pyridine rings is 1. The summed E-state index contributed by atoms with van der Waals surface area (Å²) in [6.45, 7) is 5.39. The van der Waals surface area contributed by atoms with Crippen LogP contribution in [-0.4, -0.2) is 22.0 Å². The number of carbonyl (C=O) groups excluding carboxylic acids is 1. The summed E-state index contributed by atoms with van der Waals surface area (Å²) < 4.78 is 0.733. The summed E-state index contributed by atoms with van der Waals surface area (Å²) in [5.74, 6) is -1.12. The highest BCUT2D eigenvalue weighted by atomic mass is 79.9. The Balaban J connectivity index is 2.64. The van der Waals surface area contributed by atoms with Crippen molar-refractivity contribution >= 4 is 33.5 Å². The first-order chi connectivity index (χ1) is 8.69. The highest BCUT2D eigenvalue weighted by Crippen LogP contribution is 2.26. The first-order valence-electron chi connectivity index (χ1n) is 5.83. The predicted octanol–water partition coefficient (Wildman–Crippen LogP) is 2.98. The number of rotatable bonds is 5. The highest BCUT2D eigenvalue weighted by molar-refractivity contribution is 9.10. The van der Waals surface area contributed by atoms with Gasteiger partial charge in [-0.25, -0.2) is 4.98 Å². The van der Waals surface area contributed by atoms with Crippen LogP contribution >= 0.6 is 15.9 Å². The molecule has 1 amide bonds. The average molecular weight is 329 g/mol. The van der Waals surface area contributed by atoms with Crippen molar-refractivity contribution < 1.29 is 14.7 Å². The molecule has 104 valence electrons. The Morgan fingerprint density at radius 1 is 1.42 bits per heavy atom. The molecule has 1 heterocycles.